The number of hydrogen-bond donors (Lipinski definition) is 1. The molecule has 3 nitrogen and oxygen atoms in total. The van der Waals surface area contributed by atoms with E-state index in [-0.39, 0.29) is 5.56 Å². The van der Waals surface area contributed by atoms with Gasteiger partial charge >= 0.3 is 0 Å². The molecule has 0 radical (unpaired) electrons. The summed E-state index contributed by atoms with van der Waals surface area (Å²) in [5.41, 5.74) is 2.64. The predicted molar refractivity (Wildman–Crippen MR) is 96.5 cm³/mol. The van der Waals surface area contributed by atoms with Gasteiger partial charge in [-0.05, 0) is 36.8 Å². The van der Waals surface area contributed by atoms with E-state index in [0.717, 1.165) is 21.5 Å². The fraction of sp³-hybridized carbons (Fsp3) is 0.125. The SMILES string of the molecule is C=C(C)Cn1c(=S)[nH]c2scc(-c3ccc(Cl)cc3)c2c1=O. The van der Waals surface area contributed by atoms with Crippen molar-refractivity contribution in [2.75, 3.05) is 0 Å². The lowest BCUT2D eigenvalue weighted by Crippen LogP contribution is -2.22. The predicted octanol–water partition coefficient (Wildman–Crippen LogP) is 5.02. The first-order valence-electron chi connectivity index (χ1n) is 6.62. The molecular weight excluding hydrogens is 336 g/mol. The molecule has 0 fully saturated rings. The molecule has 3 aromatic rings. The number of nitrogens with one attached hydrogen (secondary N) is 1. The van der Waals surface area contributed by atoms with Crippen LogP contribution in [0.15, 0.2) is 46.6 Å². The highest BCUT2D eigenvalue weighted by atomic mass is 35.5. The van der Waals surface area contributed by atoms with E-state index in [0.29, 0.717) is 21.7 Å². The molecule has 2 aromatic heterocycles. The topological polar surface area (TPSA) is 37.8 Å². The van der Waals surface area contributed by atoms with Crippen molar-refractivity contribution in [3.05, 3.63) is 61.9 Å². The Bertz CT molecular complexity index is 980. The first kappa shape index (κ1) is 15.2. The van der Waals surface area contributed by atoms with E-state index in [9.17, 15) is 4.79 Å². The average molecular weight is 349 g/mol. The first-order chi connectivity index (χ1) is 10.5. The molecule has 0 unspecified atom stereocenters. The van der Waals surface area contributed by atoms with E-state index in [4.69, 9.17) is 23.8 Å². The highest BCUT2D eigenvalue weighted by Crippen LogP contribution is 2.31. The fourth-order valence-electron chi connectivity index (χ4n) is 2.31. The lowest BCUT2D eigenvalue weighted by Gasteiger charge is -2.07. The van der Waals surface area contributed by atoms with Crippen LogP contribution in [0.1, 0.15) is 6.92 Å². The van der Waals surface area contributed by atoms with Crippen LogP contribution in [-0.4, -0.2) is 9.55 Å². The second-order valence-electron chi connectivity index (χ2n) is 5.14. The molecule has 0 amide bonds. The number of H-pyrrole nitrogens is 1. The van der Waals surface area contributed by atoms with E-state index >= 15 is 0 Å². The van der Waals surface area contributed by atoms with Crippen molar-refractivity contribution in [2.24, 2.45) is 0 Å². The van der Waals surface area contributed by atoms with Crippen molar-refractivity contribution in [3.8, 4) is 11.1 Å². The van der Waals surface area contributed by atoms with Crippen molar-refractivity contribution in [1.29, 1.82) is 0 Å². The highest BCUT2D eigenvalue weighted by molar-refractivity contribution is 7.71. The van der Waals surface area contributed by atoms with E-state index in [1.807, 2.05) is 36.6 Å². The zero-order chi connectivity index (χ0) is 15.9. The maximum absolute atomic E-state index is 12.8. The number of benzene rings is 1. The Hall–Kier alpha value is -1.69. The largest absolute Gasteiger partial charge is 0.323 e. The molecule has 2 heterocycles. The second-order valence-corrected chi connectivity index (χ2v) is 6.84. The van der Waals surface area contributed by atoms with Crippen LogP contribution in [0.3, 0.4) is 0 Å². The lowest BCUT2D eigenvalue weighted by atomic mass is 10.1. The Morgan fingerprint density at radius 2 is 2.09 bits per heavy atom. The maximum Gasteiger partial charge on any atom is 0.263 e. The van der Waals surface area contributed by atoms with Crippen LogP contribution in [0, 0.1) is 4.77 Å². The summed E-state index contributed by atoms with van der Waals surface area (Å²) in [5, 5.41) is 3.29. The van der Waals surface area contributed by atoms with Gasteiger partial charge in [-0.25, -0.2) is 0 Å². The van der Waals surface area contributed by atoms with E-state index < -0.39 is 0 Å². The number of rotatable bonds is 3. The Labute approximate surface area is 141 Å². The summed E-state index contributed by atoms with van der Waals surface area (Å²) in [4.78, 5) is 16.7. The van der Waals surface area contributed by atoms with Crippen LogP contribution in [0.5, 0.6) is 0 Å². The summed E-state index contributed by atoms with van der Waals surface area (Å²) in [6.07, 6.45) is 0. The van der Waals surface area contributed by atoms with Gasteiger partial charge in [0.2, 0.25) is 0 Å². The molecule has 0 spiro atoms. The molecule has 1 aromatic carbocycles. The number of aromatic amines is 1. The summed E-state index contributed by atoms with van der Waals surface area (Å²) in [6.45, 7) is 6.15. The van der Waals surface area contributed by atoms with E-state index in [1.165, 1.54) is 11.3 Å². The Kier molecular flexibility index (Phi) is 4.04. The molecule has 3 rings (SSSR count). The Morgan fingerprint density at radius 1 is 1.41 bits per heavy atom. The first-order valence-corrected chi connectivity index (χ1v) is 8.28. The summed E-state index contributed by atoms with van der Waals surface area (Å²) in [7, 11) is 0. The molecule has 0 aliphatic carbocycles. The molecule has 0 atom stereocenters. The normalized spacial score (nSPS) is 11.0. The van der Waals surface area contributed by atoms with Gasteiger partial charge in [-0.3, -0.25) is 9.36 Å². The molecule has 22 heavy (non-hydrogen) atoms. The number of allylic oxidation sites excluding steroid dienone is 1. The zero-order valence-electron chi connectivity index (χ0n) is 11.9. The maximum atomic E-state index is 12.8. The van der Waals surface area contributed by atoms with Crippen LogP contribution in [0.25, 0.3) is 21.3 Å². The highest BCUT2D eigenvalue weighted by Gasteiger charge is 2.13. The number of hydrogen-bond acceptors (Lipinski definition) is 3. The third-order valence-corrected chi connectivity index (χ3v) is 4.77. The zero-order valence-corrected chi connectivity index (χ0v) is 14.2. The standard InChI is InChI=1S/C16H13ClN2OS2/c1-9(2)7-19-15(20)13-12(8-22-14(13)18-16(19)21)10-3-5-11(17)6-4-10/h3-6,8H,1,7H2,2H3,(H,18,21). The van der Waals surface area contributed by atoms with Crippen molar-refractivity contribution in [3.63, 3.8) is 0 Å². The average Bonchev–Trinajstić information content (AvgIpc) is 2.88. The summed E-state index contributed by atoms with van der Waals surface area (Å²) < 4.78 is 1.97. The Balaban J connectivity index is 2.30. The van der Waals surface area contributed by atoms with Crippen LogP contribution >= 0.6 is 35.2 Å². The third-order valence-electron chi connectivity index (χ3n) is 3.30. The molecule has 0 bridgehead atoms. The fourth-order valence-corrected chi connectivity index (χ4v) is 3.71. The lowest BCUT2D eigenvalue weighted by molar-refractivity contribution is 0.726. The van der Waals surface area contributed by atoms with Gasteiger partial charge in [0, 0.05) is 22.5 Å². The molecule has 6 heteroatoms. The van der Waals surface area contributed by atoms with Gasteiger partial charge in [-0.2, -0.15) is 0 Å². The molecule has 112 valence electrons. The third kappa shape index (κ3) is 2.67. The number of thiophene rings is 1. The van der Waals surface area contributed by atoms with Crippen LogP contribution < -0.4 is 5.56 Å². The van der Waals surface area contributed by atoms with Crippen molar-refractivity contribution in [2.45, 2.75) is 13.5 Å². The molecule has 0 saturated carbocycles. The number of fused-ring (bicyclic) bond motifs is 1. The minimum absolute atomic E-state index is 0.0899. The number of aromatic nitrogens is 2. The monoisotopic (exact) mass is 348 g/mol. The van der Waals surface area contributed by atoms with Gasteiger partial charge in [0.15, 0.2) is 4.77 Å². The van der Waals surface area contributed by atoms with Crippen molar-refractivity contribution < 1.29 is 0 Å². The Morgan fingerprint density at radius 3 is 2.73 bits per heavy atom. The van der Waals surface area contributed by atoms with Gasteiger partial charge in [0.25, 0.3) is 5.56 Å². The summed E-state index contributed by atoms with van der Waals surface area (Å²) >= 11 is 12.7. The van der Waals surface area contributed by atoms with Gasteiger partial charge in [-0.15, -0.1) is 11.3 Å². The van der Waals surface area contributed by atoms with Gasteiger partial charge in [0.05, 0.1) is 5.39 Å². The minimum atomic E-state index is -0.0899. The summed E-state index contributed by atoms with van der Waals surface area (Å²) in [6, 6.07) is 7.46. The number of halogens is 1. The molecule has 0 saturated heterocycles. The van der Waals surface area contributed by atoms with E-state index in [2.05, 4.69) is 11.6 Å². The van der Waals surface area contributed by atoms with E-state index in [1.54, 1.807) is 4.57 Å². The van der Waals surface area contributed by atoms with Crippen molar-refractivity contribution >= 4 is 45.4 Å². The van der Waals surface area contributed by atoms with Gasteiger partial charge in [0.1, 0.15) is 4.83 Å². The molecule has 1 N–H and O–H groups in total. The number of nitrogens with zero attached hydrogens (tertiary/aromatic N) is 1. The van der Waals surface area contributed by atoms with Crippen LogP contribution in [-0.2, 0) is 6.54 Å². The quantitative estimate of drug-likeness (QED) is 0.533. The summed E-state index contributed by atoms with van der Waals surface area (Å²) in [5.74, 6) is 0. The smallest absolute Gasteiger partial charge is 0.263 e. The molecule has 0 aliphatic rings. The second kappa shape index (κ2) is 5.83. The van der Waals surface area contributed by atoms with Crippen LogP contribution in [0.2, 0.25) is 5.02 Å². The minimum Gasteiger partial charge on any atom is -0.323 e. The molecule has 0 aliphatic heterocycles. The van der Waals surface area contributed by atoms with Gasteiger partial charge in [-0.1, -0.05) is 35.9 Å². The van der Waals surface area contributed by atoms with Crippen molar-refractivity contribution in [1.82, 2.24) is 9.55 Å². The van der Waals surface area contributed by atoms with Crippen LogP contribution in [0.4, 0.5) is 0 Å². The molecular formula is C16H13ClN2OS2. The van der Waals surface area contributed by atoms with Gasteiger partial charge < -0.3 is 4.98 Å².